The molecule has 1 unspecified atom stereocenters. The number of benzene rings is 5. The van der Waals surface area contributed by atoms with Gasteiger partial charge in [-0.15, -0.1) is 0 Å². The highest BCUT2D eigenvalue weighted by atomic mass is 35.5. The Morgan fingerprint density at radius 2 is 0.803 bits per heavy atom. The first-order chi connectivity index (χ1) is 66.7. The molecule has 1 aliphatic carbocycles. The number of fused-ring (bicyclic) bond motifs is 5. The SMILES string of the molecule is C=S(C)(=O)c1cccc(CC(=O)N2CCc3[nH]nc(-c4ccncc4)c3C2)c1.O=C(Cc1c(F)cccc1Cl)N1CCc2[nH]nc(-c3ccncc3)c2C1.O=C(Cc1ccccc1Oc1ccccc1)N1CCc2[nH]nc(-c3ccncc3)c2C1.O=C(Cc1ccccn1)N1CCc2[nH]nc(-c3ccncc3)c2C1.O=C(N1CCc2[nH]nc(-c3ccncc3)c2C1)C1(c2ccc(Cl)cc2Cl)CC1. The van der Waals surface area contributed by atoms with Gasteiger partial charge in [0.1, 0.15) is 17.3 Å². The molecule has 5 aromatic carbocycles. The molecule has 16 heterocycles. The number of rotatable bonds is 18. The van der Waals surface area contributed by atoms with Crippen LogP contribution in [-0.4, -0.2) is 184 Å². The van der Waals surface area contributed by atoms with Crippen molar-refractivity contribution in [3.05, 3.63) is 367 Å². The second-order valence-corrected chi connectivity index (χ2v) is 37.9. The molecule has 28 nitrogen and oxygen atoms in total. The molecule has 22 rings (SSSR count). The molecule has 1 saturated carbocycles. The standard InChI is InChI=1S/C25H22N4O2.C21H18Cl2N4O.C21H22N4O2S.C19H16ClFN4O.C18H17N5O/c30-24(16-19-6-4-5-9-23(19)31-20-7-2-1-3-8-20)29-15-12-22-21(17-29)25(28-27-22)18-10-13-26-14-11-18;22-14-1-2-16(17(23)11-14)21(6-7-21)20(28)27-10-5-18-15(12-27)19(26-25-18)13-3-8-24-9-4-13;1-28(2,27)17-5-3-4-15(12-17)13-20(26)25-11-8-19-18(14-25)21(24-23-19)16-6-9-22-10-7-16;20-15-2-1-3-16(21)13(15)10-18(26)25-9-6-17-14(11-25)19(24-23-17)12-4-7-22-8-5-12;24-17(11-14-3-1-2-7-20-14)23-10-6-16-15(12-23)18(22-21-16)13-4-8-19-9-5-13/h1-11,13-14H,12,15-17H2,(H,27,28);1-4,8-9,11H,5-7,10,12H2,(H,25,26);3-7,9-10,12H,1,8,11,13-14H2,2H3,(H,23,24);1-5,7-8H,6,9-11H2,(H,23,24);1-5,7-9H,6,10-12H2,(H,21,22). The van der Waals surface area contributed by atoms with Gasteiger partial charge in [0.05, 0.1) is 59.6 Å². The van der Waals surface area contributed by atoms with Gasteiger partial charge in [0.25, 0.3) is 0 Å². The maximum absolute atomic E-state index is 14.0. The summed E-state index contributed by atoms with van der Waals surface area (Å²) in [5.74, 6) is 4.96. The molecule has 0 spiro atoms. The number of nitrogens with zero attached hydrogens (tertiary/aromatic N) is 16. The number of H-pyrrole nitrogens is 5. The van der Waals surface area contributed by atoms with Crippen LogP contribution in [0.15, 0.2) is 267 Å². The van der Waals surface area contributed by atoms with E-state index in [1.807, 2.05) is 183 Å². The summed E-state index contributed by atoms with van der Waals surface area (Å²) in [6.45, 7) is 5.92. The summed E-state index contributed by atoms with van der Waals surface area (Å²) in [6.07, 6.45) is 27.0. The highest BCUT2D eigenvalue weighted by Gasteiger charge is 2.54. The number of aromatic nitrogens is 16. The zero-order chi connectivity index (χ0) is 94.5. The Hall–Kier alpha value is -15.0. The highest BCUT2D eigenvalue weighted by Crippen LogP contribution is 2.53. The van der Waals surface area contributed by atoms with Gasteiger partial charge < -0.3 is 29.2 Å². The van der Waals surface area contributed by atoms with E-state index < -0.39 is 20.8 Å². The van der Waals surface area contributed by atoms with Crippen LogP contribution in [0, 0.1) is 5.82 Å². The van der Waals surface area contributed by atoms with Gasteiger partial charge in [0, 0.05) is 293 Å². The van der Waals surface area contributed by atoms with Crippen LogP contribution < -0.4 is 4.74 Å². The third-order valence-corrected chi connectivity index (χ3v) is 27.4. The number of nitrogens with one attached hydrogen (secondary N) is 5. The number of hydrogen-bond donors (Lipinski definition) is 5. The molecule has 1 fully saturated rings. The quantitative estimate of drug-likeness (QED) is 0.0498. The lowest BCUT2D eigenvalue weighted by molar-refractivity contribution is -0.135. The van der Waals surface area contributed by atoms with Crippen LogP contribution >= 0.6 is 34.8 Å². The Bertz CT molecular complexity index is 7120. The van der Waals surface area contributed by atoms with Crippen molar-refractivity contribution in [1.82, 2.24) is 105 Å². The summed E-state index contributed by atoms with van der Waals surface area (Å²) in [5.41, 5.74) is 23.3. The van der Waals surface area contributed by atoms with Crippen molar-refractivity contribution in [2.45, 2.75) is 114 Å². The van der Waals surface area contributed by atoms with Gasteiger partial charge in [0.2, 0.25) is 29.5 Å². The summed E-state index contributed by atoms with van der Waals surface area (Å²) in [5, 5.41) is 39.3. The third-order valence-electron chi connectivity index (χ3n) is 25.2. The van der Waals surface area contributed by atoms with Crippen LogP contribution in [0.1, 0.15) is 97.1 Å². The fourth-order valence-electron chi connectivity index (χ4n) is 17.7. The molecule has 1 atom stereocenters. The van der Waals surface area contributed by atoms with Gasteiger partial charge in [-0.1, -0.05) is 102 Å². The fourth-order valence-corrected chi connectivity index (χ4v) is 19.3. The number of amides is 5. The largest absolute Gasteiger partial charge is 0.457 e. The Labute approximate surface area is 805 Å². The summed E-state index contributed by atoms with van der Waals surface area (Å²) < 4.78 is 32.2. The monoisotopic (exact) mass is 1910 g/mol. The van der Waals surface area contributed by atoms with E-state index in [0.717, 1.165) is 179 Å². The molecule has 0 saturated heterocycles. The average molecular weight is 1910 g/mol. The summed E-state index contributed by atoms with van der Waals surface area (Å²) >= 11 is 18.5. The van der Waals surface area contributed by atoms with Crippen LogP contribution in [-0.2, 0) is 129 Å². The van der Waals surface area contributed by atoms with Crippen molar-refractivity contribution in [3.63, 3.8) is 0 Å². The molecular formula is C104H95Cl3FN21O7S. The fraction of sp³-hybridized carbons (Fsp3) is 0.221. The molecule has 0 bridgehead atoms. The van der Waals surface area contributed by atoms with Crippen molar-refractivity contribution in [3.8, 4) is 67.8 Å². The predicted molar refractivity (Wildman–Crippen MR) is 521 cm³/mol. The van der Waals surface area contributed by atoms with Crippen molar-refractivity contribution in [2.24, 2.45) is 0 Å². The number of para-hydroxylation sites is 2. The van der Waals surface area contributed by atoms with Crippen LogP contribution in [0.4, 0.5) is 4.39 Å². The summed E-state index contributed by atoms with van der Waals surface area (Å²) in [4.78, 5) is 99.4. The van der Waals surface area contributed by atoms with Crippen molar-refractivity contribution >= 4 is 79.7 Å². The lowest BCUT2D eigenvalue weighted by Crippen LogP contribution is -2.42. The lowest BCUT2D eigenvalue weighted by atomic mass is 9.92. The van der Waals surface area contributed by atoms with E-state index >= 15 is 0 Å². The molecule has 5 amide bonds. The highest BCUT2D eigenvalue weighted by molar-refractivity contribution is 7.99. The summed E-state index contributed by atoms with van der Waals surface area (Å²) in [7, 11) is -2.30. The molecule has 33 heteroatoms. The zero-order valence-electron chi connectivity index (χ0n) is 74.8. The number of halogens is 4. The van der Waals surface area contributed by atoms with Gasteiger partial charge in [-0.25, -0.2) is 4.39 Å². The first-order valence-corrected chi connectivity index (χ1v) is 48.2. The minimum atomic E-state index is -2.30. The number of hydrogen-bond acceptors (Lipinski definition) is 18. The smallest absolute Gasteiger partial charge is 0.233 e. The Morgan fingerprint density at radius 3 is 1.22 bits per heavy atom. The molecule has 6 aliphatic rings. The molecule has 5 N–H and O–H groups in total. The van der Waals surface area contributed by atoms with E-state index in [9.17, 15) is 32.6 Å². The van der Waals surface area contributed by atoms with Gasteiger partial charge in [-0.3, -0.25) is 83.6 Å². The van der Waals surface area contributed by atoms with E-state index in [1.165, 1.54) is 12.1 Å². The van der Waals surface area contributed by atoms with E-state index in [-0.39, 0.29) is 53.0 Å². The van der Waals surface area contributed by atoms with Crippen molar-refractivity contribution < 1.29 is 37.3 Å². The van der Waals surface area contributed by atoms with Crippen LogP contribution in [0.5, 0.6) is 11.5 Å². The van der Waals surface area contributed by atoms with Gasteiger partial charge >= 0.3 is 0 Å². The molecule has 5 aliphatic heterocycles. The predicted octanol–water partition coefficient (Wildman–Crippen LogP) is 16.5. The Morgan fingerprint density at radius 1 is 0.409 bits per heavy atom. The number of carbonyl (C=O) groups is 5. The van der Waals surface area contributed by atoms with E-state index in [1.54, 1.807) is 97.5 Å². The van der Waals surface area contributed by atoms with Crippen LogP contribution in [0.25, 0.3) is 56.3 Å². The normalized spacial score (nSPS) is 14.6. The Kier molecular flexibility index (Phi) is 28.3. The molecular weight excluding hydrogens is 1810 g/mol. The van der Waals surface area contributed by atoms with Crippen LogP contribution in [0.2, 0.25) is 15.1 Å². The van der Waals surface area contributed by atoms with Gasteiger partial charge in [-0.05, 0) is 167 Å². The molecule has 137 heavy (non-hydrogen) atoms. The van der Waals surface area contributed by atoms with Gasteiger partial charge in [-0.2, -0.15) is 25.5 Å². The zero-order valence-corrected chi connectivity index (χ0v) is 77.9. The number of pyridine rings is 6. The van der Waals surface area contributed by atoms with E-state index in [0.29, 0.717) is 105 Å². The second kappa shape index (κ2) is 41.9. The number of aromatic amines is 5. The maximum Gasteiger partial charge on any atom is 0.233 e. The molecule has 16 aromatic rings. The lowest BCUT2D eigenvalue weighted by Gasteiger charge is -2.31. The second-order valence-electron chi connectivity index (χ2n) is 34.2. The maximum atomic E-state index is 14.0. The van der Waals surface area contributed by atoms with E-state index in [4.69, 9.17) is 39.5 Å². The first kappa shape index (κ1) is 92.5. The van der Waals surface area contributed by atoms with Crippen molar-refractivity contribution in [2.75, 3.05) is 39.0 Å². The number of carbonyl (C=O) groups excluding carboxylic acids is 5. The minimum Gasteiger partial charge on any atom is -0.457 e. The third kappa shape index (κ3) is 21.6. The van der Waals surface area contributed by atoms with Crippen molar-refractivity contribution in [1.29, 1.82) is 0 Å². The first-order valence-electron chi connectivity index (χ1n) is 45.0. The Balaban J connectivity index is 0.000000114. The van der Waals surface area contributed by atoms with Crippen LogP contribution in [0.3, 0.4) is 0 Å². The van der Waals surface area contributed by atoms with E-state index in [2.05, 4.69) is 86.8 Å². The molecule has 11 aromatic heterocycles. The molecule has 692 valence electrons. The molecule has 0 radical (unpaired) electrons. The summed E-state index contributed by atoms with van der Waals surface area (Å²) in [6, 6.07) is 59.4. The minimum absolute atomic E-state index is 0.0522. The topological polar surface area (TPSA) is 349 Å². The number of ether oxygens (including phenoxy) is 1. The van der Waals surface area contributed by atoms with Gasteiger partial charge in [0.15, 0.2) is 0 Å². The average Bonchev–Trinajstić information content (AvgIpc) is 1.57.